The van der Waals surface area contributed by atoms with Crippen LogP contribution in [0.25, 0.3) is 0 Å². The molecule has 0 radical (unpaired) electrons. The second-order valence-electron chi connectivity index (χ2n) is 5.71. The van der Waals surface area contributed by atoms with E-state index in [-0.39, 0.29) is 18.9 Å². The molecule has 1 atom stereocenters. The average molecular weight is 362 g/mol. The summed E-state index contributed by atoms with van der Waals surface area (Å²) >= 11 is 0. The lowest BCUT2D eigenvalue weighted by Crippen LogP contribution is -2.38. The van der Waals surface area contributed by atoms with Gasteiger partial charge in [0, 0.05) is 17.2 Å². The predicted molar refractivity (Wildman–Crippen MR) is 87.8 cm³/mol. The summed E-state index contributed by atoms with van der Waals surface area (Å²) in [5.41, 5.74) is 0.474. The molecule has 136 valence electrons. The summed E-state index contributed by atoms with van der Waals surface area (Å²) < 4.78 is 37.0. The minimum atomic E-state index is -0.748. The van der Waals surface area contributed by atoms with Gasteiger partial charge in [-0.1, -0.05) is 6.07 Å². The molecule has 6 nitrogen and oxygen atoms in total. The van der Waals surface area contributed by atoms with Crippen LogP contribution in [0.3, 0.4) is 0 Å². The topological polar surface area (TPSA) is 76.7 Å². The predicted octanol–water partition coefficient (Wildman–Crippen LogP) is 2.30. The minimum absolute atomic E-state index is 0.0979. The van der Waals surface area contributed by atoms with Crippen LogP contribution in [0.15, 0.2) is 36.4 Å². The second-order valence-corrected chi connectivity index (χ2v) is 5.71. The molecule has 26 heavy (non-hydrogen) atoms. The summed E-state index contributed by atoms with van der Waals surface area (Å²) in [6.07, 6.45) is 0. The van der Waals surface area contributed by atoms with Crippen LogP contribution in [-0.4, -0.2) is 25.2 Å². The fraction of sp³-hybridized carbons (Fsp3) is 0.222. The number of amides is 2. The van der Waals surface area contributed by atoms with E-state index in [0.29, 0.717) is 17.1 Å². The van der Waals surface area contributed by atoms with E-state index in [1.54, 1.807) is 19.1 Å². The molecule has 1 aliphatic rings. The van der Waals surface area contributed by atoms with E-state index in [2.05, 4.69) is 10.6 Å². The van der Waals surface area contributed by atoms with Gasteiger partial charge in [0.05, 0.1) is 12.6 Å². The van der Waals surface area contributed by atoms with Crippen molar-refractivity contribution in [2.45, 2.75) is 13.0 Å². The maximum atomic E-state index is 13.7. The Morgan fingerprint density at radius 3 is 2.65 bits per heavy atom. The highest BCUT2D eigenvalue weighted by Gasteiger charge is 2.18. The fourth-order valence-electron chi connectivity index (χ4n) is 2.52. The van der Waals surface area contributed by atoms with Crippen molar-refractivity contribution in [3.8, 4) is 11.5 Å². The number of benzene rings is 2. The van der Waals surface area contributed by atoms with E-state index in [9.17, 15) is 18.4 Å². The first-order valence-electron chi connectivity index (χ1n) is 7.86. The van der Waals surface area contributed by atoms with Gasteiger partial charge < -0.3 is 20.1 Å². The van der Waals surface area contributed by atoms with Gasteiger partial charge in [-0.3, -0.25) is 9.59 Å². The molecule has 2 amide bonds. The van der Waals surface area contributed by atoms with Gasteiger partial charge in [0.2, 0.25) is 12.7 Å². The lowest BCUT2D eigenvalue weighted by molar-refractivity contribution is -0.120. The molecule has 0 unspecified atom stereocenters. The van der Waals surface area contributed by atoms with Crippen molar-refractivity contribution < 1.29 is 27.8 Å². The van der Waals surface area contributed by atoms with Crippen LogP contribution in [0.5, 0.6) is 11.5 Å². The van der Waals surface area contributed by atoms with Crippen molar-refractivity contribution in [3.63, 3.8) is 0 Å². The van der Waals surface area contributed by atoms with Crippen LogP contribution in [0.4, 0.5) is 8.78 Å². The summed E-state index contributed by atoms with van der Waals surface area (Å²) in [5, 5.41) is 5.01. The molecular formula is C18H16F2N2O4. The molecule has 2 N–H and O–H groups in total. The Hall–Kier alpha value is -3.16. The average Bonchev–Trinajstić information content (AvgIpc) is 3.07. The van der Waals surface area contributed by atoms with Crippen LogP contribution in [0, 0.1) is 11.6 Å². The van der Waals surface area contributed by atoms with E-state index in [4.69, 9.17) is 9.47 Å². The van der Waals surface area contributed by atoms with Gasteiger partial charge in [0.25, 0.3) is 5.91 Å². The van der Waals surface area contributed by atoms with Gasteiger partial charge in [-0.15, -0.1) is 0 Å². The standard InChI is InChI=1S/C18H16F2N2O4/c1-10(13-4-3-12(19)7-14(13)20)22-17(23)8-21-18(24)11-2-5-15-16(6-11)26-9-25-15/h2-7,10H,8-9H2,1H3,(H,21,24)(H,22,23)/t10-/m1/s1. The number of nitrogens with one attached hydrogen (secondary N) is 2. The molecule has 0 aliphatic carbocycles. The molecule has 2 aromatic carbocycles. The van der Waals surface area contributed by atoms with Crippen LogP contribution in [0.1, 0.15) is 28.9 Å². The molecule has 1 heterocycles. The Morgan fingerprint density at radius 2 is 1.88 bits per heavy atom. The Labute approximate surface area is 148 Å². The fourth-order valence-corrected chi connectivity index (χ4v) is 2.52. The van der Waals surface area contributed by atoms with E-state index in [1.165, 1.54) is 12.1 Å². The summed E-state index contributed by atoms with van der Waals surface area (Å²) in [7, 11) is 0. The van der Waals surface area contributed by atoms with Gasteiger partial charge in [0.1, 0.15) is 11.6 Å². The molecule has 2 aromatic rings. The maximum Gasteiger partial charge on any atom is 0.251 e. The molecular weight excluding hydrogens is 346 g/mol. The van der Waals surface area contributed by atoms with Gasteiger partial charge in [-0.25, -0.2) is 8.78 Å². The molecule has 3 rings (SSSR count). The van der Waals surface area contributed by atoms with Crippen molar-refractivity contribution in [2.75, 3.05) is 13.3 Å². The number of carbonyl (C=O) groups is 2. The van der Waals surface area contributed by atoms with Crippen molar-refractivity contribution >= 4 is 11.8 Å². The largest absolute Gasteiger partial charge is 0.454 e. The Morgan fingerprint density at radius 1 is 1.12 bits per heavy atom. The van der Waals surface area contributed by atoms with E-state index in [0.717, 1.165) is 12.1 Å². The van der Waals surface area contributed by atoms with Gasteiger partial charge in [-0.05, 0) is 31.2 Å². The maximum absolute atomic E-state index is 13.7. The summed E-state index contributed by atoms with van der Waals surface area (Å²) in [6.45, 7) is 1.37. The first-order chi connectivity index (χ1) is 12.4. The molecule has 0 spiro atoms. The first-order valence-corrected chi connectivity index (χ1v) is 7.86. The van der Waals surface area contributed by atoms with Gasteiger partial charge in [0.15, 0.2) is 11.5 Å². The summed E-state index contributed by atoms with van der Waals surface area (Å²) in [6, 6.07) is 7.13. The zero-order valence-electron chi connectivity index (χ0n) is 13.8. The highest BCUT2D eigenvalue weighted by Crippen LogP contribution is 2.32. The normalized spacial score (nSPS) is 13.2. The van der Waals surface area contributed by atoms with Crippen LogP contribution < -0.4 is 20.1 Å². The molecule has 8 heteroatoms. The first kappa shape index (κ1) is 17.7. The SMILES string of the molecule is C[C@@H](NC(=O)CNC(=O)c1ccc2c(c1)OCO2)c1ccc(F)cc1F. The van der Waals surface area contributed by atoms with Gasteiger partial charge >= 0.3 is 0 Å². The van der Waals surface area contributed by atoms with Crippen LogP contribution in [-0.2, 0) is 4.79 Å². The number of halogens is 2. The molecule has 0 fully saturated rings. The van der Waals surface area contributed by atoms with Crippen LogP contribution in [0.2, 0.25) is 0 Å². The third-order valence-corrected chi connectivity index (χ3v) is 3.85. The van der Waals surface area contributed by atoms with Crippen molar-refractivity contribution in [1.82, 2.24) is 10.6 Å². The number of carbonyl (C=O) groups excluding carboxylic acids is 2. The Bertz CT molecular complexity index is 857. The number of hydrogen-bond donors (Lipinski definition) is 2. The highest BCUT2D eigenvalue weighted by atomic mass is 19.1. The lowest BCUT2D eigenvalue weighted by atomic mass is 10.1. The second kappa shape index (κ2) is 7.38. The monoisotopic (exact) mass is 362 g/mol. The zero-order chi connectivity index (χ0) is 18.7. The molecule has 0 bridgehead atoms. The van der Waals surface area contributed by atoms with Gasteiger partial charge in [-0.2, -0.15) is 0 Å². The van der Waals surface area contributed by atoms with E-state index >= 15 is 0 Å². The summed E-state index contributed by atoms with van der Waals surface area (Å²) in [4.78, 5) is 24.1. The summed E-state index contributed by atoms with van der Waals surface area (Å²) in [5.74, 6) is -1.39. The lowest BCUT2D eigenvalue weighted by Gasteiger charge is -2.15. The molecule has 0 aromatic heterocycles. The molecule has 1 aliphatic heterocycles. The smallest absolute Gasteiger partial charge is 0.251 e. The number of hydrogen-bond acceptors (Lipinski definition) is 4. The van der Waals surface area contributed by atoms with E-state index in [1.807, 2.05) is 0 Å². The zero-order valence-corrected chi connectivity index (χ0v) is 13.8. The van der Waals surface area contributed by atoms with E-state index < -0.39 is 29.5 Å². The van der Waals surface area contributed by atoms with Crippen LogP contribution >= 0.6 is 0 Å². The quantitative estimate of drug-likeness (QED) is 0.856. The Kier molecular flexibility index (Phi) is 5.01. The molecule has 0 saturated heterocycles. The number of rotatable bonds is 5. The molecule has 0 saturated carbocycles. The van der Waals surface area contributed by atoms with Crippen molar-refractivity contribution in [3.05, 3.63) is 59.2 Å². The Balaban J connectivity index is 1.54. The third-order valence-electron chi connectivity index (χ3n) is 3.85. The van der Waals surface area contributed by atoms with Crippen molar-refractivity contribution in [2.24, 2.45) is 0 Å². The number of fused-ring (bicyclic) bond motifs is 1. The third kappa shape index (κ3) is 3.90. The number of ether oxygens (including phenoxy) is 2. The van der Waals surface area contributed by atoms with Crippen molar-refractivity contribution in [1.29, 1.82) is 0 Å². The highest BCUT2D eigenvalue weighted by molar-refractivity contribution is 5.97. The minimum Gasteiger partial charge on any atom is -0.454 e.